The molecular weight excluding hydrogens is 250 g/mol. The van der Waals surface area contributed by atoms with Gasteiger partial charge in [0, 0.05) is 4.90 Å². The van der Waals surface area contributed by atoms with E-state index in [1.54, 1.807) is 0 Å². The van der Waals surface area contributed by atoms with Crippen molar-refractivity contribution in [2.45, 2.75) is 4.90 Å². The summed E-state index contributed by atoms with van der Waals surface area (Å²) in [6.45, 7) is 0. The number of rotatable bonds is 2. The molecule has 2 aromatic carbocycles. The van der Waals surface area contributed by atoms with Crippen molar-refractivity contribution >= 4 is 12.6 Å². The van der Waals surface area contributed by atoms with Crippen molar-refractivity contribution in [1.29, 1.82) is 0 Å². The quantitative estimate of drug-likeness (QED) is 0.811. The zero-order valence-electron chi connectivity index (χ0n) is 10.1. The standard InChI is InChI=1S/C12H10OS.CH5N.2H2O/c14-12-8-6-11(7-9-12)13-10-4-2-1-3-5-10;1-2;;/h1-9,14H;2H2,1H3;2*1H2. The molecule has 0 aromatic heterocycles. The van der Waals surface area contributed by atoms with E-state index in [9.17, 15) is 0 Å². The molecule has 18 heavy (non-hydrogen) atoms. The van der Waals surface area contributed by atoms with Gasteiger partial charge in [-0.2, -0.15) is 0 Å². The molecule has 0 saturated carbocycles. The van der Waals surface area contributed by atoms with Crippen LogP contribution < -0.4 is 10.5 Å². The van der Waals surface area contributed by atoms with Crippen molar-refractivity contribution in [2.24, 2.45) is 5.73 Å². The molecule has 0 saturated heterocycles. The minimum Gasteiger partial charge on any atom is -0.457 e. The molecule has 100 valence electrons. The Kier molecular flexibility index (Phi) is 11.1. The molecule has 0 aliphatic heterocycles. The minimum absolute atomic E-state index is 0. The second-order valence-electron chi connectivity index (χ2n) is 2.91. The second kappa shape index (κ2) is 10.6. The highest BCUT2D eigenvalue weighted by atomic mass is 32.1. The first kappa shape index (κ1) is 18.8. The lowest BCUT2D eigenvalue weighted by molar-refractivity contribution is 0.482. The molecule has 2 rings (SSSR count). The molecule has 4 nitrogen and oxygen atoms in total. The first-order valence-corrected chi connectivity index (χ1v) is 5.39. The van der Waals surface area contributed by atoms with Crippen LogP contribution in [0.15, 0.2) is 59.5 Å². The zero-order valence-corrected chi connectivity index (χ0v) is 11.0. The lowest BCUT2D eigenvalue weighted by Crippen LogP contribution is -1.82. The maximum absolute atomic E-state index is 5.60. The van der Waals surface area contributed by atoms with Gasteiger partial charge in [-0.25, -0.2) is 0 Å². The number of para-hydroxylation sites is 1. The maximum Gasteiger partial charge on any atom is 0.127 e. The molecule has 0 aliphatic carbocycles. The van der Waals surface area contributed by atoms with Gasteiger partial charge in [0.1, 0.15) is 11.5 Å². The van der Waals surface area contributed by atoms with Crippen molar-refractivity contribution in [1.82, 2.24) is 0 Å². The molecule has 0 atom stereocenters. The Bertz CT molecular complexity index is 406. The summed E-state index contributed by atoms with van der Waals surface area (Å²) in [5, 5.41) is 0. The largest absolute Gasteiger partial charge is 0.457 e. The van der Waals surface area contributed by atoms with Gasteiger partial charge in [0.25, 0.3) is 0 Å². The van der Waals surface area contributed by atoms with E-state index >= 15 is 0 Å². The molecule has 0 fully saturated rings. The lowest BCUT2D eigenvalue weighted by atomic mass is 10.3. The summed E-state index contributed by atoms with van der Waals surface area (Å²) >= 11 is 4.20. The topological polar surface area (TPSA) is 98.2 Å². The van der Waals surface area contributed by atoms with Crippen LogP contribution in [0, 0.1) is 0 Å². The van der Waals surface area contributed by atoms with Gasteiger partial charge in [-0.15, -0.1) is 12.6 Å². The SMILES string of the molecule is CN.O.O.Sc1ccc(Oc2ccccc2)cc1. The van der Waals surface area contributed by atoms with E-state index in [-0.39, 0.29) is 11.0 Å². The normalized spacial score (nSPS) is 7.94. The van der Waals surface area contributed by atoms with Gasteiger partial charge in [0.2, 0.25) is 0 Å². The fourth-order valence-corrected chi connectivity index (χ4v) is 1.29. The van der Waals surface area contributed by atoms with Crippen LogP contribution in [0.5, 0.6) is 11.5 Å². The number of hydrogen-bond donors (Lipinski definition) is 2. The van der Waals surface area contributed by atoms with E-state index in [2.05, 4.69) is 18.4 Å². The van der Waals surface area contributed by atoms with E-state index < -0.39 is 0 Å². The monoisotopic (exact) mass is 269 g/mol. The third-order valence-corrected chi connectivity index (χ3v) is 2.11. The van der Waals surface area contributed by atoms with Gasteiger partial charge in [-0.05, 0) is 43.4 Å². The van der Waals surface area contributed by atoms with Crippen molar-refractivity contribution in [3.05, 3.63) is 54.6 Å². The Labute approximate surface area is 112 Å². The molecule has 5 heteroatoms. The summed E-state index contributed by atoms with van der Waals surface area (Å²) < 4.78 is 5.60. The van der Waals surface area contributed by atoms with Crippen LogP contribution in [0.2, 0.25) is 0 Å². The summed E-state index contributed by atoms with van der Waals surface area (Å²) in [5.74, 6) is 1.67. The Morgan fingerprint density at radius 2 is 1.22 bits per heavy atom. The zero-order chi connectivity index (χ0) is 11.8. The van der Waals surface area contributed by atoms with Gasteiger partial charge >= 0.3 is 0 Å². The van der Waals surface area contributed by atoms with Crippen molar-refractivity contribution in [2.75, 3.05) is 7.05 Å². The third-order valence-electron chi connectivity index (χ3n) is 1.82. The summed E-state index contributed by atoms with van der Waals surface area (Å²) in [6.07, 6.45) is 0. The van der Waals surface area contributed by atoms with E-state index in [4.69, 9.17) is 4.74 Å². The van der Waals surface area contributed by atoms with Gasteiger partial charge < -0.3 is 21.4 Å². The Morgan fingerprint density at radius 3 is 1.72 bits per heavy atom. The second-order valence-corrected chi connectivity index (χ2v) is 3.43. The van der Waals surface area contributed by atoms with Crippen LogP contribution in [0.4, 0.5) is 0 Å². The van der Waals surface area contributed by atoms with E-state index in [0.717, 1.165) is 16.4 Å². The molecule has 0 unspecified atom stereocenters. The lowest BCUT2D eigenvalue weighted by Gasteiger charge is -2.04. The van der Waals surface area contributed by atoms with Crippen molar-refractivity contribution in [3.63, 3.8) is 0 Å². The summed E-state index contributed by atoms with van der Waals surface area (Å²) in [4.78, 5) is 0.936. The average molecular weight is 269 g/mol. The average Bonchev–Trinajstić information content (AvgIpc) is 2.36. The highest BCUT2D eigenvalue weighted by Crippen LogP contribution is 2.21. The minimum atomic E-state index is 0. The first-order valence-electron chi connectivity index (χ1n) is 4.94. The van der Waals surface area contributed by atoms with Crippen molar-refractivity contribution in [3.8, 4) is 11.5 Å². The van der Waals surface area contributed by atoms with Gasteiger partial charge in [-0.1, -0.05) is 18.2 Å². The number of ether oxygens (including phenoxy) is 1. The fourth-order valence-electron chi connectivity index (χ4n) is 1.14. The number of hydrogen-bond acceptors (Lipinski definition) is 3. The number of nitrogens with two attached hydrogens (primary N) is 1. The number of thiol groups is 1. The van der Waals surface area contributed by atoms with Crippen LogP contribution in [-0.4, -0.2) is 18.0 Å². The van der Waals surface area contributed by atoms with Gasteiger partial charge in [-0.3, -0.25) is 0 Å². The molecule has 0 amide bonds. The van der Waals surface area contributed by atoms with E-state index in [1.165, 1.54) is 7.05 Å². The summed E-state index contributed by atoms with van der Waals surface area (Å²) in [5.41, 5.74) is 4.50. The Hall–Kier alpha value is -1.53. The predicted molar refractivity (Wildman–Crippen MR) is 77.5 cm³/mol. The highest BCUT2D eigenvalue weighted by molar-refractivity contribution is 7.80. The van der Waals surface area contributed by atoms with Crippen LogP contribution >= 0.6 is 12.6 Å². The highest BCUT2D eigenvalue weighted by Gasteiger charge is 1.94. The molecule has 2 aromatic rings. The first-order chi connectivity index (χ1) is 7.84. The smallest absolute Gasteiger partial charge is 0.127 e. The van der Waals surface area contributed by atoms with Gasteiger partial charge in [0.05, 0.1) is 0 Å². The molecule has 0 bridgehead atoms. The third kappa shape index (κ3) is 6.27. The fraction of sp³-hybridized carbons (Fsp3) is 0.0769. The summed E-state index contributed by atoms with van der Waals surface area (Å²) in [7, 11) is 1.50. The maximum atomic E-state index is 5.60. The Balaban J connectivity index is 0. The van der Waals surface area contributed by atoms with Crippen molar-refractivity contribution < 1.29 is 15.7 Å². The molecule has 0 aliphatic rings. The number of benzene rings is 2. The van der Waals surface area contributed by atoms with Crippen LogP contribution in [0.1, 0.15) is 0 Å². The molecule has 0 heterocycles. The van der Waals surface area contributed by atoms with Crippen LogP contribution in [0.25, 0.3) is 0 Å². The molecule has 0 spiro atoms. The van der Waals surface area contributed by atoms with Gasteiger partial charge in [0.15, 0.2) is 0 Å². The predicted octanol–water partition coefficient (Wildman–Crippen LogP) is 1.69. The molecular formula is C13H19NO3S. The summed E-state index contributed by atoms with van der Waals surface area (Å²) in [6, 6.07) is 17.3. The molecule has 0 radical (unpaired) electrons. The van der Waals surface area contributed by atoms with Crippen LogP contribution in [-0.2, 0) is 0 Å². The van der Waals surface area contributed by atoms with Crippen LogP contribution in [0.3, 0.4) is 0 Å². The Morgan fingerprint density at radius 1 is 0.778 bits per heavy atom. The molecule has 6 N–H and O–H groups in total. The van der Waals surface area contributed by atoms with E-state index in [0.29, 0.717) is 0 Å². The van der Waals surface area contributed by atoms with E-state index in [1.807, 2.05) is 54.6 Å².